The van der Waals surface area contributed by atoms with Crippen LogP contribution in [0, 0.1) is 11.3 Å². The van der Waals surface area contributed by atoms with E-state index >= 15 is 0 Å². The van der Waals surface area contributed by atoms with E-state index in [1.54, 1.807) is 11.9 Å². The molecule has 1 aliphatic rings. The summed E-state index contributed by atoms with van der Waals surface area (Å²) in [5, 5.41) is 18.1. The van der Waals surface area contributed by atoms with Gasteiger partial charge in [0.2, 0.25) is 0 Å². The Labute approximate surface area is 71.5 Å². The zero-order valence-electron chi connectivity index (χ0n) is 6.96. The maximum Gasteiger partial charge on any atom is 0.159 e. The number of allylic oxidation sites excluding steroid dienone is 2. The highest BCUT2D eigenvalue weighted by atomic mass is 16.3. The molecule has 1 heterocycles. The quantitative estimate of drug-likeness (QED) is 0.584. The zero-order chi connectivity index (χ0) is 9.30. The van der Waals surface area contributed by atoms with Crippen LogP contribution in [0.2, 0.25) is 0 Å². The second kappa shape index (κ2) is 2.74. The fourth-order valence-electron chi connectivity index (χ4n) is 1.09. The van der Waals surface area contributed by atoms with Crippen LogP contribution >= 0.6 is 0 Å². The second-order valence-electron chi connectivity index (χ2n) is 2.75. The number of nitrogens with zero attached hydrogens (tertiary/aromatic N) is 2. The van der Waals surface area contributed by atoms with Gasteiger partial charge in [-0.2, -0.15) is 5.26 Å². The molecule has 0 spiro atoms. The van der Waals surface area contributed by atoms with Crippen molar-refractivity contribution in [2.24, 2.45) is 0 Å². The normalized spacial score (nSPS) is 18.2. The van der Waals surface area contributed by atoms with Crippen molar-refractivity contribution in [1.82, 2.24) is 4.90 Å². The van der Waals surface area contributed by atoms with Crippen LogP contribution in [0.25, 0.3) is 0 Å². The van der Waals surface area contributed by atoms with Gasteiger partial charge in [0.1, 0.15) is 6.07 Å². The van der Waals surface area contributed by atoms with E-state index in [4.69, 9.17) is 5.26 Å². The molecule has 1 rings (SSSR count). The van der Waals surface area contributed by atoms with Crippen LogP contribution < -0.4 is 0 Å². The Morgan fingerprint density at radius 1 is 1.58 bits per heavy atom. The van der Waals surface area contributed by atoms with Crippen molar-refractivity contribution in [3.63, 3.8) is 0 Å². The molecule has 0 saturated carbocycles. The smallest absolute Gasteiger partial charge is 0.159 e. The van der Waals surface area contributed by atoms with Crippen molar-refractivity contribution in [3.8, 4) is 6.07 Å². The monoisotopic (exact) mass is 162 g/mol. The number of hydrogen-bond donors (Lipinski definition) is 1. The van der Waals surface area contributed by atoms with Crippen LogP contribution in [-0.2, 0) is 0 Å². The first-order chi connectivity index (χ1) is 5.57. The molecule has 1 aliphatic heterocycles. The van der Waals surface area contributed by atoms with Gasteiger partial charge in [-0.15, -0.1) is 0 Å². The highest BCUT2D eigenvalue weighted by molar-refractivity contribution is 5.49. The Morgan fingerprint density at radius 2 is 2.17 bits per heavy atom. The number of rotatable bonds is 0. The molecule has 0 unspecified atom stereocenters. The molecular formula is C9H10N2O. The standard InChI is InChI=1S/C9H10N2O/c1-6-5-11(3)8(4-10)9(12)7(6)2/h12H,1-2,5H2,3H3. The maximum atomic E-state index is 9.43. The van der Waals surface area contributed by atoms with Gasteiger partial charge in [0, 0.05) is 19.2 Å². The number of likely N-dealkylation sites (N-methyl/N-ethyl adjacent to an activating group) is 1. The largest absolute Gasteiger partial charge is 0.504 e. The summed E-state index contributed by atoms with van der Waals surface area (Å²) in [5.41, 5.74) is 1.46. The number of aliphatic hydroxyl groups excluding tert-OH is 1. The van der Waals surface area contributed by atoms with Crippen molar-refractivity contribution in [2.75, 3.05) is 13.6 Å². The summed E-state index contributed by atoms with van der Waals surface area (Å²) in [6, 6.07) is 1.91. The topological polar surface area (TPSA) is 47.3 Å². The Balaban J connectivity index is 3.19. The van der Waals surface area contributed by atoms with Crippen LogP contribution in [0.4, 0.5) is 0 Å². The Kier molecular flexibility index (Phi) is 1.92. The third-order valence-electron chi connectivity index (χ3n) is 1.85. The van der Waals surface area contributed by atoms with Crippen LogP contribution in [0.1, 0.15) is 0 Å². The van der Waals surface area contributed by atoms with E-state index in [-0.39, 0.29) is 11.5 Å². The summed E-state index contributed by atoms with van der Waals surface area (Å²) in [7, 11) is 1.73. The fourth-order valence-corrected chi connectivity index (χ4v) is 1.09. The van der Waals surface area contributed by atoms with Gasteiger partial charge in [-0.1, -0.05) is 13.2 Å². The predicted octanol–water partition coefficient (Wildman–Crippen LogP) is 1.34. The van der Waals surface area contributed by atoms with E-state index in [1.807, 2.05) is 6.07 Å². The molecule has 3 heteroatoms. The lowest BCUT2D eigenvalue weighted by Crippen LogP contribution is -2.26. The third-order valence-corrected chi connectivity index (χ3v) is 1.85. The van der Waals surface area contributed by atoms with Gasteiger partial charge in [0.05, 0.1) is 0 Å². The SMILES string of the molecule is C=C1CN(C)C(C#N)=C(O)C1=C. The van der Waals surface area contributed by atoms with Crippen LogP contribution in [0.3, 0.4) is 0 Å². The first kappa shape index (κ1) is 8.41. The van der Waals surface area contributed by atoms with Gasteiger partial charge < -0.3 is 10.0 Å². The van der Waals surface area contributed by atoms with Crippen molar-refractivity contribution >= 4 is 0 Å². The van der Waals surface area contributed by atoms with Crippen LogP contribution in [-0.4, -0.2) is 23.6 Å². The van der Waals surface area contributed by atoms with Gasteiger partial charge >= 0.3 is 0 Å². The van der Waals surface area contributed by atoms with E-state index in [0.29, 0.717) is 12.1 Å². The molecule has 0 aromatic rings. The summed E-state index contributed by atoms with van der Waals surface area (Å²) in [6.45, 7) is 7.89. The van der Waals surface area contributed by atoms with Gasteiger partial charge in [0.15, 0.2) is 11.5 Å². The lowest BCUT2D eigenvalue weighted by Gasteiger charge is -2.26. The van der Waals surface area contributed by atoms with Crippen LogP contribution in [0.15, 0.2) is 35.8 Å². The lowest BCUT2D eigenvalue weighted by atomic mass is 10.0. The fraction of sp³-hybridized carbons (Fsp3) is 0.222. The highest BCUT2D eigenvalue weighted by Crippen LogP contribution is 2.25. The molecule has 12 heavy (non-hydrogen) atoms. The summed E-state index contributed by atoms with van der Waals surface area (Å²) < 4.78 is 0. The first-order valence-electron chi connectivity index (χ1n) is 3.49. The molecule has 1 N–H and O–H groups in total. The van der Waals surface area contributed by atoms with Gasteiger partial charge in [-0.05, 0) is 5.57 Å². The third kappa shape index (κ3) is 1.08. The summed E-state index contributed by atoms with van der Waals surface area (Å²) in [6.07, 6.45) is 0. The average molecular weight is 162 g/mol. The minimum Gasteiger partial charge on any atom is -0.504 e. The number of hydrogen-bond acceptors (Lipinski definition) is 3. The minimum absolute atomic E-state index is 0.0590. The molecule has 0 atom stereocenters. The maximum absolute atomic E-state index is 9.43. The second-order valence-corrected chi connectivity index (χ2v) is 2.75. The molecule has 0 aromatic carbocycles. The summed E-state index contributed by atoms with van der Waals surface area (Å²) in [5.74, 6) is -0.0590. The molecule has 0 amide bonds. The van der Waals surface area contributed by atoms with E-state index in [9.17, 15) is 5.11 Å². The molecule has 0 fully saturated rings. The lowest BCUT2D eigenvalue weighted by molar-refractivity contribution is 0.360. The van der Waals surface area contributed by atoms with Gasteiger partial charge in [-0.3, -0.25) is 0 Å². The molecule has 0 aromatic heterocycles. The van der Waals surface area contributed by atoms with Crippen molar-refractivity contribution in [2.45, 2.75) is 0 Å². The van der Waals surface area contributed by atoms with Crippen molar-refractivity contribution in [1.29, 1.82) is 5.26 Å². The van der Waals surface area contributed by atoms with E-state index < -0.39 is 0 Å². The first-order valence-corrected chi connectivity index (χ1v) is 3.49. The van der Waals surface area contributed by atoms with Crippen molar-refractivity contribution < 1.29 is 5.11 Å². The molecule has 0 bridgehead atoms. The van der Waals surface area contributed by atoms with Gasteiger partial charge in [0.25, 0.3) is 0 Å². The van der Waals surface area contributed by atoms with E-state index in [2.05, 4.69) is 13.2 Å². The van der Waals surface area contributed by atoms with Crippen molar-refractivity contribution in [3.05, 3.63) is 35.8 Å². The molecule has 62 valence electrons. The number of nitriles is 1. The minimum atomic E-state index is -0.0590. The highest BCUT2D eigenvalue weighted by Gasteiger charge is 2.21. The molecule has 0 radical (unpaired) electrons. The van der Waals surface area contributed by atoms with Crippen LogP contribution in [0.5, 0.6) is 0 Å². The molecule has 3 nitrogen and oxygen atoms in total. The average Bonchev–Trinajstić information content (AvgIpc) is 2.01. The molecule has 0 saturated heterocycles. The summed E-state index contributed by atoms with van der Waals surface area (Å²) >= 11 is 0. The number of aliphatic hydroxyl groups is 1. The van der Waals surface area contributed by atoms with E-state index in [0.717, 1.165) is 5.57 Å². The predicted molar refractivity (Wildman–Crippen MR) is 46.2 cm³/mol. The Hall–Kier alpha value is -1.69. The molecular weight excluding hydrogens is 152 g/mol. The Bertz CT molecular complexity index is 320. The molecule has 0 aliphatic carbocycles. The zero-order valence-corrected chi connectivity index (χ0v) is 6.96. The van der Waals surface area contributed by atoms with E-state index in [1.165, 1.54) is 0 Å². The van der Waals surface area contributed by atoms with Gasteiger partial charge in [-0.25, -0.2) is 0 Å². The summed E-state index contributed by atoms with van der Waals surface area (Å²) in [4.78, 5) is 1.65. The Morgan fingerprint density at radius 3 is 2.67 bits per heavy atom.